The summed E-state index contributed by atoms with van der Waals surface area (Å²) in [5, 5.41) is 12.6. The van der Waals surface area contributed by atoms with Crippen LogP contribution in [0.15, 0.2) is 47.1 Å². The number of carbonyl (C=O) groups is 1. The summed E-state index contributed by atoms with van der Waals surface area (Å²) in [7, 11) is -1.84. The van der Waals surface area contributed by atoms with Crippen molar-refractivity contribution in [1.82, 2.24) is 0 Å². The molecule has 6 rings (SSSR count). The predicted octanol–water partition coefficient (Wildman–Crippen LogP) is 9.81. The normalized spacial score (nSPS) is 32.9. The molecule has 0 radical (unpaired) electrons. The minimum Gasteiger partial charge on any atom is -0.388 e. The molecule has 1 aromatic rings. The van der Waals surface area contributed by atoms with E-state index < -0.39 is 13.7 Å². The third kappa shape index (κ3) is 4.75. The summed E-state index contributed by atoms with van der Waals surface area (Å²) in [5.74, 6) is 6.06. The standard InChI is InChI=1S/C39H54O2Si/c1-25(2)42(26(3)4,27(5)6)22-8-20-39(41)21-19-36-34-17-15-31-23-32(40)16-18-33(31)37(34)35(24-38(36,39)7)30-13-11-29(12-14-30)28-9-10-28/h11-14,23,25-28,34-36,41H,9-10,15-21,24H2,1-7H3/t34-,35+,36-,38-,39-/m0/s1. The van der Waals surface area contributed by atoms with Gasteiger partial charge in [0, 0.05) is 24.2 Å². The van der Waals surface area contributed by atoms with Gasteiger partial charge in [0.15, 0.2) is 5.78 Å². The number of fused-ring (bicyclic) bond motifs is 4. The van der Waals surface area contributed by atoms with Crippen molar-refractivity contribution in [2.24, 2.45) is 17.3 Å². The van der Waals surface area contributed by atoms with Gasteiger partial charge in [0.1, 0.15) is 8.07 Å². The molecule has 226 valence electrons. The monoisotopic (exact) mass is 582 g/mol. The third-order valence-electron chi connectivity index (χ3n) is 13.0. The van der Waals surface area contributed by atoms with Crippen LogP contribution < -0.4 is 0 Å². The Morgan fingerprint density at radius 3 is 2.17 bits per heavy atom. The first kappa shape index (κ1) is 30.1. The number of allylic oxidation sites excluding steroid dienone is 4. The van der Waals surface area contributed by atoms with Crippen LogP contribution in [0.5, 0.6) is 0 Å². The van der Waals surface area contributed by atoms with Gasteiger partial charge < -0.3 is 5.11 Å². The fraction of sp³-hybridized carbons (Fsp3) is 0.667. The molecule has 0 saturated heterocycles. The second kappa shape index (κ2) is 10.9. The first-order valence-corrected chi connectivity index (χ1v) is 19.4. The van der Waals surface area contributed by atoms with E-state index in [-0.39, 0.29) is 5.41 Å². The van der Waals surface area contributed by atoms with E-state index in [1.165, 1.54) is 35.1 Å². The van der Waals surface area contributed by atoms with E-state index in [1.54, 1.807) is 5.57 Å². The molecule has 0 aliphatic heterocycles. The number of benzene rings is 1. The first-order chi connectivity index (χ1) is 19.9. The van der Waals surface area contributed by atoms with Crippen LogP contribution in [-0.2, 0) is 4.79 Å². The zero-order chi connectivity index (χ0) is 30.0. The van der Waals surface area contributed by atoms with Gasteiger partial charge in [-0.15, -0.1) is 11.5 Å². The maximum Gasteiger partial charge on any atom is 0.156 e. The lowest BCUT2D eigenvalue weighted by Gasteiger charge is -2.54. The van der Waals surface area contributed by atoms with Gasteiger partial charge in [-0.2, -0.15) is 0 Å². The molecule has 3 saturated carbocycles. The largest absolute Gasteiger partial charge is 0.388 e. The highest BCUT2D eigenvalue weighted by molar-refractivity contribution is 6.90. The zero-order valence-electron chi connectivity index (χ0n) is 27.4. The van der Waals surface area contributed by atoms with E-state index in [0.717, 1.165) is 44.4 Å². The molecule has 5 atom stereocenters. The lowest BCUT2D eigenvalue weighted by Crippen LogP contribution is -2.51. The smallest absolute Gasteiger partial charge is 0.156 e. The van der Waals surface area contributed by atoms with Crippen molar-refractivity contribution in [2.75, 3.05) is 0 Å². The molecule has 0 bridgehead atoms. The summed E-state index contributed by atoms with van der Waals surface area (Å²) in [6.07, 6.45) is 11.8. The minimum absolute atomic E-state index is 0.167. The number of hydrogen-bond acceptors (Lipinski definition) is 2. The van der Waals surface area contributed by atoms with Gasteiger partial charge >= 0.3 is 0 Å². The average molecular weight is 583 g/mol. The van der Waals surface area contributed by atoms with Gasteiger partial charge in [0.05, 0.1) is 5.60 Å². The molecule has 1 N–H and O–H groups in total. The molecule has 3 fully saturated rings. The van der Waals surface area contributed by atoms with E-state index in [0.29, 0.717) is 53.0 Å². The molecule has 0 spiro atoms. The van der Waals surface area contributed by atoms with Crippen molar-refractivity contribution in [1.29, 1.82) is 0 Å². The topological polar surface area (TPSA) is 37.3 Å². The van der Waals surface area contributed by atoms with Crippen LogP contribution in [0.3, 0.4) is 0 Å². The summed E-state index contributed by atoms with van der Waals surface area (Å²) in [4.78, 5) is 12.4. The summed E-state index contributed by atoms with van der Waals surface area (Å²) in [6.45, 7) is 16.7. The van der Waals surface area contributed by atoms with Crippen LogP contribution in [0.1, 0.15) is 136 Å². The molecule has 0 aromatic heterocycles. The minimum atomic E-state index is -1.84. The van der Waals surface area contributed by atoms with E-state index in [2.05, 4.69) is 84.2 Å². The lowest BCUT2D eigenvalue weighted by atomic mass is 9.51. The maximum atomic E-state index is 12.6. The van der Waals surface area contributed by atoms with Crippen LogP contribution >= 0.6 is 0 Å². The Morgan fingerprint density at radius 2 is 1.55 bits per heavy atom. The molecule has 5 aliphatic carbocycles. The number of hydrogen-bond donors (Lipinski definition) is 1. The molecule has 0 unspecified atom stereocenters. The van der Waals surface area contributed by atoms with Crippen molar-refractivity contribution in [3.05, 3.63) is 58.2 Å². The van der Waals surface area contributed by atoms with Gasteiger partial charge in [0.25, 0.3) is 0 Å². The summed E-state index contributed by atoms with van der Waals surface area (Å²) < 4.78 is 0. The predicted molar refractivity (Wildman–Crippen MR) is 177 cm³/mol. The Hall–Kier alpha value is -1.89. The molecule has 0 amide bonds. The van der Waals surface area contributed by atoms with E-state index >= 15 is 0 Å². The highest BCUT2D eigenvalue weighted by Crippen LogP contribution is 2.67. The Morgan fingerprint density at radius 1 is 0.905 bits per heavy atom. The van der Waals surface area contributed by atoms with E-state index in [1.807, 2.05) is 6.08 Å². The highest BCUT2D eigenvalue weighted by Gasteiger charge is 2.62. The van der Waals surface area contributed by atoms with Crippen molar-refractivity contribution in [2.45, 2.75) is 147 Å². The van der Waals surface area contributed by atoms with Gasteiger partial charge in [-0.05, 0) is 114 Å². The lowest BCUT2D eigenvalue weighted by molar-refractivity contribution is -0.114. The summed E-state index contributed by atoms with van der Waals surface area (Å²) >= 11 is 0. The Kier molecular flexibility index (Phi) is 7.84. The zero-order valence-corrected chi connectivity index (χ0v) is 28.4. The Labute approximate surface area is 256 Å². The molecular weight excluding hydrogens is 529 g/mol. The van der Waals surface area contributed by atoms with E-state index in [9.17, 15) is 9.90 Å². The molecule has 3 heteroatoms. The van der Waals surface area contributed by atoms with Gasteiger partial charge in [-0.3, -0.25) is 4.79 Å². The van der Waals surface area contributed by atoms with E-state index in [4.69, 9.17) is 0 Å². The summed E-state index contributed by atoms with van der Waals surface area (Å²) in [5.41, 5.74) is 12.2. The van der Waals surface area contributed by atoms with Crippen molar-refractivity contribution >= 4 is 13.9 Å². The van der Waals surface area contributed by atoms with Crippen LogP contribution in [-0.4, -0.2) is 24.6 Å². The van der Waals surface area contributed by atoms with Crippen LogP contribution in [0.2, 0.25) is 16.6 Å². The SMILES string of the molecule is CC(C)[Si](C#CC[C@]1(O)CC[C@H]2[C@@H]3CCC4=CC(=O)CCC4=C3[C@@H](c3ccc(C4CC4)cc3)C[C@@]21C)(C(C)C)C(C)C. The van der Waals surface area contributed by atoms with Crippen LogP contribution in [0, 0.1) is 28.7 Å². The average Bonchev–Trinajstić information content (AvgIpc) is 3.75. The second-order valence-electron chi connectivity index (χ2n) is 15.9. The number of ketones is 1. The molecule has 42 heavy (non-hydrogen) atoms. The molecular formula is C39H54O2Si. The van der Waals surface area contributed by atoms with Gasteiger partial charge in [-0.1, -0.05) is 78.3 Å². The first-order valence-electron chi connectivity index (χ1n) is 17.2. The highest BCUT2D eigenvalue weighted by atomic mass is 28.3. The fourth-order valence-electron chi connectivity index (χ4n) is 10.5. The molecule has 5 aliphatic rings. The maximum absolute atomic E-state index is 12.6. The molecule has 2 nitrogen and oxygen atoms in total. The van der Waals surface area contributed by atoms with Crippen molar-refractivity contribution in [3.63, 3.8) is 0 Å². The third-order valence-corrected chi connectivity index (χ3v) is 19.3. The van der Waals surface area contributed by atoms with Crippen LogP contribution in [0.4, 0.5) is 0 Å². The Balaban J connectivity index is 1.39. The Bertz CT molecular complexity index is 1320. The molecule has 0 heterocycles. The van der Waals surface area contributed by atoms with Crippen molar-refractivity contribution < 1.29 is 9.90 Å². The number of carbonyl (C=O) groups excluding carboxylic acids is 1. The van der Waals surface area contributed by atoms with Gasteiger partial charge in [-0.25, -0.2) is 0 Å². The van der Waals surface area contributed by atoms with Crippen LogP contribution in [0.25, 0.3) is 0 Å². The number of aliphatic hydroxyl groups is 1. The fourth-order valence-corrected chi connectivity index (χ4v) is 15.8. The quantitative estimate of drug-likeness (QED) is 0.268. The molecule has 1 aromatic carbocycles. The van der Waals surface area contributed by atoms with Crippen molar-refractivity contribution in [3.8, 4) is 11.5 Å². The second-order valence-corrected chi connectivity index (χ2v) is 21.5. The number of rotatable bonds is 6. The summed E-state index contributed by atoms with van der Waals surface area (Å²) in [6, 6.07) is 9.57. The van der Waals surface area contributed by atoms with Gasteiger partial charge in [0.2, 0.25) is 0 Å².